The lowest BCUT2D eigenvalue weighted by Gasteiger charge is -2.26. The molecular formula is C16H23NO. The summed E-state index contributed by atoms with van der Waals surface area (Å²) in [5.41, 5.74) is 4.46. The Labute approximate surface area is 110 Å². The summed E-state index contributed by atoms with van der Waals surface area (Å²) in [6.07, 6.45) is 4.84. The molecule has 1 saturated heterocycles. The van der Waals surface area contributed by atoms with E-state index in [4.69, 9.17) is 4.74 Å². The third kappa shape index (κ3) is 2.32. The number of hydrogen-bond donors (Lipinski definition) is 1. The fraction of sp³-hybridized carbons (Fsp3) is 0.625. The molecule has 0 aromatic heterocycles. The smallest absolute Gasteiger partial charge is 0.0779 e. The Kier molecular flexibility index (Phi) is 3.16. The molecule has 1 aromatic rings. The molecule has 1 heterocycles. The maximum absolute atomic E-state index is 5.85. The summed E-state index contributed by atoms with van der Waals surface area (Å²) in [5.74, 6) is 0. The Morgan fingerprint density at radius 3 is 3.11 bits per heavy atom. The van der Waals surface area contributed by atoms with Crippen LogP contribution in [-0.4, -0.2) is 18.8 Å². The third-order valence-electron chi connectivity index (χ3n) is 4.40. The van der Waals surface area contributed by atoms with E-state index in [0.717, 1.165) is 13.2 Å². The Morgan fingerprint density at radius 2 is 2.33 bits per heavy atom. The van der Waals surface area contributed by atoms with Crippen LogP contribution in [-0.2, 0) is 11.2 Å². The van der Waals surface area contributed by atoms with Gasteiger partial charge in [-0.05, 0) is 50.7 Å². The highest BCUT2D eigenvalue weighted by molar-refractivity contribution is 5.37. The number of nitrogens with one attached hydrogen (secondary N) is 1. The Bertz CT molecular complexity index is 435. The van der Waals surface area contributed by atoms with Crippen LogP contribution < -0.4 is 5.32 Å². The zero-order valence-electron chi connectivity index (χ0n) is 11.5. The number of hydrogen-bond acceptors (Lipinski definition) is 2. The molecule has 3 rings (SSSR count). The molecule has 2 aliphatic rings. The number of benzene rings is 1. The highest BCUT2D eigenvalue weighted by Gasteiger charge is 2.31. The lowest BCUT2D eigenvalue weighted by atomic mass is 10.0. The molecule has 0 radical (unpaired) electrons. The number of ether oxygens (including phenoxy) is 1. The van der Waals surface area contributed by atoms with E-state index in [1.54, 1.807) is 0 Å². The zero-order valence-corrected chi connectivity index (χ0v) is 11.5. The van der Waals surface area contributed by atoms with Crippen molar-refractivity contribution in [1.82, 2.24) is 5.32 Å². The van der Waals surface area contributed by atoms with Gasteiger partial charge in [-0.1, -0.05) is 23.8 Å². The van der Waals surface area contributed by atoms with E-state index in [9.17, 15) is 0 Å². The molecule has 0 spiro atoms. The van der Waals surface area contributed by atoms with Crippen molar-refractivity contribution in [2.45, 2.75) is 51.2 Å². The van der Waals surface area contributed by atoms with Gasteiger partial charge >= 0.3 is 0 Å². The molecule has 18 heavy (non-hydrogen) atoms. The molecule has 2 atom stereocenters. The number of fused-ring (bicyclic) bond motifs is 1. The first kappa shape index (κ1) is 12.2. The van der Waals surface area contributed by atoms with Gasteiger partial charge in [-0.15, -0.1) is 0 Å². The van der Waals surface area contributed by atoms with Gasteiger partial charge in [0.1, 0.15) is 0 Å². The fourth-order valence-corrected chi connectivity index (χ4v) is 3.25. The molecular weight excluding hydrogens is 222 g/mol. The lowest BCUT2D eigenvalue weighted by Crippen LogP contribution is -2.38. The van der Waals surface area contributed by atoms with Crippen LogP contribution in [0.1, 0.15) is 48.9 Å². The van der Waals surface area contributed by atoms with E-state index in [-0.39, 0.29) is 5.60 Å². The SMILES string of the molecule is Cc1ccc2c(c1)C(NCC1(C)CCCO1)CC2. The van der Waals surface area contributed by atoms with E-state index in [0.29, 0.717) is 6.04 Å². The van der Waals surface area contributed by atoms with Crippen LogP contribution in [0, 0.1) is 6.92 Å². The average Bonchev–Trinajstić information content (AvgIpc) is 2.94. The summed E-state index contributed by atoms with van der Waals surface area (Å²) in [7, 11) is 0. The van der Waals surface area contributed by atoms with Gasteiger partial charge < -0.3 is 10.1 Å². The summed E-state index contributed by atoms with van der Waals surface area (Å²) in [5, 5.41) is 3.72. The van der Waals surface area contributed by atoms with Gasteiger partial charge in [0.05, 0.1) is 5.60 Å². The molecule has 0 saturated carbocycles. The van der Waals surface area contributed by atoms with Crippen molar-refractivity contribution in [1.29, 1.82) is 0 Å². The second kappa shape index (κ2) is 4.67. The monoisotopic (exact) mass is 245 g/mol. The lowest BCUT2D eigenvalue weighted by molar-refractivity contribution is 0.0187. The van der Waals surface area contributed by atoms with Gasteiger partial charge in [0, 0.05) is 19.2 Å². The van der Waals surface area contributed by atoms with Crippen molar-refractivity contribution < 1.29 is 4.74 Å². The van der Waals surface area contributed by atoms with Gasteiger partial charge in [0.2, 0.25) is 0 Å². The summed E-state index contributed by atoms with van der Waals surface area (Å²) in [6, 6.07) is 7.39. The second-order valence-electron chi connectivity index (χ2n) is 6.08. The quantitative estimate of drug-likeness (QED) is 0.883. The van der Waals surface area contributed by atoms with Gasteiger partial charge in [0.25, 0.3) is 0 Å². The standard InChI is InChI=1S/C16H23NO/c1-12-4-5-13-6-7-15(14(13)10-12)17-11-16(2)8-3-9-18-16/h4-5,10,15,17H,3,6-9,11H2,1-2H3. The zero-order chi connectivity index (χ0) is 12.6. The predicted molar refractivity (Wildman–Crippen MR) is 73.8 cm³/mol. The number of aryl methyl sites for hydroxylation is 2. The van der Waals surface area contributed by atoms with Crippen molar-refractivity contribution >= 4 is 0 Å². The van der Waals surface area contributed by atoms with E-state index < -0.39 is 0 Å². The molecule has 0 bridgehead atoms. The highest BCUT2D eigenvalue weighted by atomic mass is 16.5. The highest BCUT2D eigenvalue weighted by Crippen LogP contribution is 2.33. The minimum Gasteiger partial charge on any atom is -0.374 e. The minimum atomic E-state index is 0.0621. The molecule has 1 aliphatic carbocycles. The second-order valence-corrected chi connectivity index (χ2v) is 6.08. The Hall–Kier alpha value is -0.860. The first-order chi connectivity index (χ1) is 8.66. The number of rotatable bonds is 3. The molecule has 2 heteroatoms. The van der Waals surface area contributed by atoms with Crippen molar-refractivity contribution in [2.24, 2.45) is 0 Å². The largest absolute Gasteiger partial charge is 0.374 e. The van der Waals surface area contributed by atoms with Crippen LogP contribution in [0.4, 0.5) is 0 Å². The summed E-state index contributed by atoms with van der Waals surface area (Å²) in [6.45, 7) is 6.32. The van der Waals surface area contributed by atoms with Gasteiger partial charge in [-0.25, -0.2) is 0 Å². The first-order valence-electron chi connectivity index (χ1n) is 7.13. The van der Waals surface area contributed by atoms with Gasteiger partial charge in [0.15, 0.2) is 0 Å². The van der Waals surface area contributed by atoms with E-state index in [1.165, 1.54) is 42.4 Å². The van der Waals surface area contributed by atoms with E-state index >= 15 is 0 Å². The fourth-order valence-electron chi connectivity index (χ4n) is 3.25. The molecule has 98 valence electrons. The summed E-state index contributed by atoms with van der Waals surface area (Å²) in [4.78, 5) is 0. The van der Waals surface area contributed by atoms with Crippen molar-refractivity contribution in [3.63, 3.8) is 0 Å². The van der Waals surface area contributed by atoms with Crippen LogP contribution in [0.5, 0.6) is 0 Å². The Balaban J connectivity index is 1.67. The maximum atomic E-state index is 5.85. The van der Waals surface area contributed by atoms with Gasteiger partial charge in [-0.2, -0.15) is 0 Å². The molecule has 1 aliphatic heterocycles. The van der Waals surface area contributed by atoms with E-state index in [1.807, 2.05) is 0 Å². The van der Waals surface area contributed by atoms with Crippen LogP contribution in [0.3, 0.4) is 0 Å². The molecule has 2 nitrogen and oxygen atoms in total. The van der Waals surface area contributed by atoms with Crippen LogP contribution >= 0.6 is 0 Å². The molecule has 1 fully saturated rings. The van der Waals surface area contributed by atoms with Crippen LogP contribution in [0.25, 0.3) is 0 Å². The molecule has 0 amide bonds. The van der Waals surface area contributed by atoms with Crippen molar-refractivity contribution in [3.05, 3.63) is 34.9 Å². The minimum absolute atomic E-state index is 0.0621. The van der Waals surface area contributed by atoms with Crippen molar-refractivity contribution in [2.75, 3.05) is 13.2 Å². The normalized spacial score (nSPS) is 30.7. The maximum Gasteiger partial charge on any atom is 0.0779 e. The topological polar surface area (TPSA) is 21.3 Å². The summed E-state index contributed by atoms with van der Waals surface area (Å²) >= 11 is 0. The first-order valence-corrected chi connectivity index (χ1v) is 7.13. The average molecular weight is 245 g/mol. The molecule has 1 N–H and O–H groups in total. The van der Waals surface area contributed by atoms with Crippen LogP contribution in [0.2, 0.25) is 0 Å². The molecule has 1 aromatic carbocycles. The Morgan fingerprint density at radius 1 is 1.44 bits per heavy atom. The van der Waals surface area contributed by atoms with E-state index in [2.05, 4.69) is 37.4 Å². The third-order valence-corrected chi connectivity index (χ3v) is 4.40. The predicted octanol–water partition coefficient (Wildman–Crippen LogP) is 3.14. The van der Waals surface area contributed by atoms with Crippen LogP contribution in [0.15, 0.2) is 18.2 Å². The summed E-state index contributed by atoms with van der Waals surface area (Å²) < 4.78 is 5.85. The molecule has 2 unspecified atom stereocenters. The van der Waals surface area contributed by atoms with Gasteiger partial charge in [-0.3, -0.25) is 0 Å². The van der Waals surface area contributed by atoms with Crippen molar-refractivity contribution in [3.8, 4) is 0 Å².